The number of fused-ring (bicyclic) bond motifs is 1. The van der Waals surface area contributed by atoms with Gasteiger partial charge < -0.3 is 0 Å². The van der Waals surface area contributed by atoms with Crippen LogP contribution in [0.15, 0.2) is 30.3 Å². The van der Waals surface area contributed by atoms with Gasteiger partial charge in [0.15, 0.2) is 5.69 Å². The Morgan fingerprint density at radius 3 is 2.27 bits per heavy atom. The van der Waals surface area contributed by atoms with E-state index in [9.17, 15) is 4.39 Å². The number of hydrogen-bond acceptors (Lipinski definition) is 0. The molecule has 2 aromatic carbocycles. The maximum atomic E-state index is 14.4. The fourth-order valence-electron chi connectivity index (χ4n) is 3.57. The number of rotatable bonds is 1. The van der Waals surface area contributed by atoms with E-state index in [4.69, 9.17) is 1.37 Å². The van der Waals surface area contributed by atoms with Gasteiger partial charge in [-0.3, -0.25) is 0 Å². The van der Waals surface area contributed by atoms with E-state index in [1.54, 1.807) is 0 Å². The summed E-state index contributed by atoms with van der Waals surface area (Å²) in [6.45, 7) is 14.2. The van der Waals surface area contributed by atoms with Crippen LogP contribution in [0.3, 0.4) is 0 Å². The quantitative estimate of drug-likeness (QED) is 0.473. The van der Waals surface area contributed by atoms with Gasteiger partial charge in [-0.1, -0.05) is 32.9 Å². The molecule has 136 valence electrons. The number of pyridine rings is 1. The van der Waals surface area contributed by atoms with Crippen molar-refractivity contribution in [2.75, 3.05) is 0 Å². The highest BCUT2D eigenvalue weighted by molar-refractivity contribution is 5.94. The molecule has 0 saturated heterocycles. The van der Waals surface area contributed by atoms with Gasteiger partial charge in [0.2, 0.25) is 5.69 Å². The topological polar surface area (TPSA) is 3.88 Å². The van der Waals surface area contributed by atoms with E-state index in [1.165, 1.54) is 5.56 Å². The van der Waals surface area contributed by atoms with Crippen molar-refractivity contribution in [3.8, 4) is 11.3 Å². The summed E-state index contributed by atoms with van der Waals surface area (Å²) in [5.74, 6) is -0.132. The Kier molecular flexibility index (Phi) is 4.10. The lowest BCUT2D eigenvalue weighted by atomic mass is 9.85. The number of aromatic nitrogens is 1. The Labute approximate surface area is 157 Å². The highest BCUT2D eigenvalue weighted by Crippen LogP contribution is 2.34. The summed E-state index contributed by atoms with van der Waals surface area (Å²) < 4.78 is 25.1. The Morgan fingerprint density at radius 1 is 1.00 bits per heavy atom. The molecular formula is C24H29FN+. The number of nitrogens with zero attached hydrogens (tertiary/aromatic N) is 1. The Balaban J connectivity index is 2.48. The fraction of sp³-hybridized carbons (Fsp3) is 0.375. The van der Waals surface area contributed by atoms with Crippen LogP contribution >= 0.6 is 0 Å². The second kappa shape index (κ2) is 6.19. The molecule has 3 aromatic rings. The smallest absolute Gasteiger partial charge is 0.206 e. The summed E-state index contributed by atoms with van der Waals surface area (Å²) in [5.41, 5.74) is 6.51. The molecule has 26 heavy (non-hydrogen) atoms. The average molecular weight is 352 g/mol. The average Bonchev–Trinajstić information content (AvgIpc) is 2.61. The molecule has 0 unspecified atom stereocenters. The SMILES string of the molecule is [2H]c1c(C)[n+](C)c(-c2cc(C)c(F)c(C)c2C)c2ccc(C(C)(C)C)cc12. The van der Waals surface area contributed by atoms with Crippen LogP contribution < -0.4 is 4.57 Å². The lowest BCUT2D eigenvalue weighted by Crippen LogP contribution is -2.35. The molecule has 0 atom stereocenters. The first-order valence-corrected chi connectivity index (χ1v) is 9.15. The van der Waals surface area contributed by atoms with Crippen molar-refractivity contribution in [2.45, 2.75) is 53.9 Å². The third kappa shape index (κ3) is 2.92. The van der Waals surface area contributed by atoms with Crippen molar-refractivity contribution in [2.24, 2.45) is 7.05 Å². The van der Waals surface area contributed by atoms with Gasteiger partial charge in [0.25, 0.3) is 0 Å². The molecule has 0 aliphatic carbocycles. The molecule has 0 bridgehead atoms. The van der Waals surface area contributed by atoms with Crippen LogP contribution in [0.1, 0.15) is 50.1 Å². The second-order valence-electron chi connectivity index (χ2n) is 8.43. The van der Waals surface area contributed by atoms with E-state index in [0.29, 0.717) is 17.2 Å². The van der Waals surface area contributed by atoms with Crippen LogP contribution in [0, 0.1) is 33.5 Å². The number of benzene rings is 2. The molecule has 0 saturated carbocycles. The van der Waals surface area contributed by atoms with Crippen molar-refractivity contribution in [1.29, 1.82) is 0 Å². The monoisotopic (exact) mass is 351 g/mol. The first kappa shape index (κ1) is 17.2. The molecule has 0 amide bonds. The Morgan fingerprint density at radius 2 is 1.65 bits per heavy atom. The molecule has 0 radical (unpaired) electrons. The van der Waals surface area contributed by atoms with E-state index < -0.39 is 0 Å². The summed E-state index contributed by atoms with van der Waals surface area (Å²) in [5, 5.41) is 1.99. The minimum atomic E-state index is -0.132. The van der Waals surface area contributed by atoms with Gasteiger partial charge in [0, 0.05) is 13.0 Å². The van der Waals surface area contributed by atoms with E-state index in [0.717, 1.165) is 33.3 Å². The van der Waals surface area contributed by atoms with Gasteiger partial charge in [-0.15, -0.1) is 0 Å². The number of hydrogen-bond donors (Lipinski definition) is 0. The standard InChI is InChI=1S/C24H29FN/c1-14-11-21(16(3)17(4)22(14)25)23-20-10-9-19(24(5,6)7)13-18(20)12-15(2)26(23)8/h9-13H,1-8H3/q+1/i12D. The zero-order valence-electron chi connectivity index (χ0n) is 18.1. The minimum absolute atomic E-state index is 0.0195. The van der Waals surface area contributed by atoms with Crippen LogP contribution in [0.5, 0.6) is 0 Å². The molecule has 2 heteroatoms. The summed E-state index contributed by atoms with van der Waals surface area (Å²) in [6, 6.07) is 8.91. The predicted octanol–water partition coefficient (Wildman–Crippen LogP) is 6.00. The molecule has 0 N–H and O–H groups in total. The Bertz CT molecular complexity index is 1070. The summed E-state index contributed by atoms with van der Waals surface area (Å²) >= 11 is 0. The van der Waals surface area contributed by atoms with Gasteiger partial charge in [0.05, 0.1) is 12.3 Å². The van der Waals surface area contributed by atoms with Gasteiger partial charge in [0.1, 0.15) is 12.9 Å². The van der Waals surface area contributed by atoms with Crippen LogP contribution in [-0.2, 0) is 12.5 Å². The van der Waals surface area contributed by atoms with Crippen molar-refractivity contribution in [3.05, 3.63) is 64.1 Å². The third-order valence-corrected chi connectivity index (χ3v) is 5.55. The van der Waals surface area contributed by atoms with E-state index >= 15 is 0 Å². The van der Waals surface area contributed by atoms with E-state index in [2.05, 4.69) is 43.5 Å². The highest BCUT2D eigenvalue weighted by Gasteiger charge is 2.23. The van der Waals surface area contributed by atoms with Crippen molar-refractivity contribution >= 4 is 10.8 Å². The number of halogens is 1. The maximum Gasteiger partial charge on any atom is 0.220 e. The van der Waals surface area contributed by atoms with Crippen molar-refractivity contribution in [1.82, 2.24) is 0 Å². The lowest BCUT2D eigenvalue weighted by Gasteiger charge is -2.20. The zero-order valence-corrected chi connectivity index (χ0v) is 17.1. The van der Waals surface area contributed by atoms with Crippen LogP contribution in [0.25, 0.3) is 22.0 Å². The summed E-state index contributed by atoms with van der Waals surface area (Å²) in [7, 11) is 1.99. The highest BCUT2D eigenvalue weighted by atomic mass is 19.1. The molecule has 0 aliphatic heterocycles. The van der Waals surface area contributed by atoms with Crippen molar-refractivity contribution < 1.29 is 10.3 Å². The van der Waals surface area contributed by atoms with Gasteiger partial charge in [-0.2, -0.15) is 4.57 Å². The molecule has 0 aliphatic rings. The van der Waals surface area contributed by atoms with Crippen LogP contribution in [0.4, 0.5) is 4.39 Å². The normalized spacial score (nSPS) is 12.6. The molecule has 0 fully saturated rings. The van der Waals surface area contributed by atoms with Gasteiger partial charge in [-0.25, -0.2) is 4.39 Å². The van der Waals surface area contributed by atoms with Crippen LogP contribution in [-0.4, -0.2) is 0 Å². The largest absolute Gasteiger partial charge is 0.220 e. The minimum Gasteiger partial charge on any atom is -0.206 e. The predicted molar refractivity (Wildman–Crippen MR) is 108 cm³/mol. The first-order valence-electron chi connectivity index (χ1n) is 9.65. The van der Waals surface area contributed by atoms with Crippen molar-refractivity contribution in [3.63, 3.8) is 0 Å². The van der Waals surface area contributed by atoms with E-state index in [-0.39, 0.29) is 11.2 Å². The first-order chi connectivity index (χ1) is 12.4. The molecule has 3 rings (SSSR count). The molecule has 0 spiro atoms. The second-order valence-corrected chi connectivity index (χ2v) is 8.43. The lowest BCUT2D eigenvalue weighted by molar-refractivity contribution is -0.665. The molecular weight excluding hydrogens is 321 g/mol. The van der Waals surface area contributed by atoms with Crippen LogP contribution in [0.2, 0.25) is 0 Å². The summed E-state index contributed by atoms with van der Waals surface area (Å²) in [4.78, 5) is 0. The molecule has 1 heterocycles. The van der Waals surface area contributed by atoms with E-state index in [1.807, 2.05) is 40.8 Å². The molecule has 1 aromatic heterocycles. The zero-order chi connectivity index (χ0) is 20.3. The van der Waals surface area contributed by atoms with Gasteiger partial charge in [-0.05, 0) is 66.0 Å². The Hall–Kier alpha value is -2.22. The third-order valence-electron chi connectivity index (χ3n) is 5.55. The maximum absolute atomic E-state index is 14.4. The fourth-order valence-corrected chi connectivity index (χ4v) is 3.57. The number of aryl methyl sites for hydroxylation is 1. The van der Waals surface area contributed by atoms with Gasteiger partial charge >= 0.3 is 0 Å². The summed E-state index contributed by atoms with van der Waals surface area (Å²) in [6.07, 6.45) is 0. The molecule has 1 nitrogen and oxygen atoms in total.